The molecular weight excluding hydrogens is 208 g/mol. The molecular formula is C15H14N2. The van der Waals surface area contributed by atoms with Gasteiger partial charge in [0.2, 0.25) is 0 Å². The van der Waals surface area contributed by atoms with Crippen LogP contribution in [0.4, 0.5) is 0 Å². The molecule has 0 fully saturated rings. The Morgan fingerprint density at radius 3 is 2.47 bits per heavy atom. The van der Waals surface area contributed by atoms with Crippen LogP contribution in [0.1, 0.15) is 11.4 Å². The number of para-hydroxylation sites is 1. The van der Waals surface area contributed by atoms with Gasteiger partial charge in [0.05, 0.1) is 11.0 Å². The summed E-state index contributed by atoms with van der Waals surface area (Å²) in [6, 6.07) is 16.7. The number of hydrogen-bond donors (Lipinski definition) is 0. The van der Waals surface area contributed by atoms with Gasteiger partial charge in [0.25, 0.3) is 0 Å². The molecule has 0 aliphatic carbocycles. The first-order valence-electron chi connectivity index (χ1n) is 5.77. The largest absolute Gasteiger partial charge is 0.297 e. The topological polar surface area (TPSA) is 17.8 Å². The normalized spacial score (nSPS) is 10.9. The lowest BCUT2D eigenvalue weighted by Crippen LogP contribution is -1.96. The summed E-state index contributed by atoms with van der Waals surface area (Å²) in [5.41, 5.74) is 4.65. The maximum atomic E-state index is 4.59. The first-order valence-corrected chi connectivity index (χ1v) is 5.77. The fraction of sp³-hybridized carbons (Fsp3) is 0.133. The van der Waals surface area contributed by atoms with E-state index in [1.54, 1.807) is 0 Å². The quantitative estimate of drug-likeness (QED) is 0.614. The second-order valence-electron chi connectivity index (χ2n) is 4.32. The Labute approximate surface area is 101 Å². The molecule has 0 saturated heterocycles. The highest BCUT2D eigenvalue weighted by atomic mass is 15.1. The van der Waals surface area contributed by atoms with Crippen LogP contribution in [0, 0.1) is 13.8 Å². The van der Waals surface area contributed by atoms with Gasteiger partial charge in [-0.2, -0.15) is 0 Å². The predicted molar refractivity (Wildman–Crippen MR) is 70.5 cm³/mol. The fourth-order valence-corrected chi connectivity index (χ4v) is 2.21. The smallest absolute Gasteiger partial charge is 0.111 e. The van der Waals surface area contributed by atoms with Gasteiger partial charge in [0.15, 0.2) is 0 Å². The van der Waals surface area contributed by atoms with Crippen molar-refractivity contribution in [2.24, 2.45) is 0 Å². The Kier molecular flexibility index (Phi) is 2.22. The van der Waals surface area contributed by atoms with Crippen LogP contribution in [0.2, 0.25) is 0 Å². The molecule has 0 atom stereocenters. The van der Waals surface area contributed by atoms with Crippen LogP contribution in [0.5, 0.6) is 0 Å². The van der Waals surface area contributed by atoms with Gasteiger partial charge in [0.1, 0.15) is 5.82 Å². The van der Waals surface area contributed by atoms with Crippen molar-refractivity contribution in [3.63, 3.8) is 0 Å². The first-order chi connectivity index (χ1) is 8.25. The van der Waals surface area contributed by atoms with Gasteiger partial charge < -0.3 is 0 Å². The van der Waals surface area contributed by atoms with Crippen LogP contribution in [0.15, 0.2) is 48.5 Å². The Balaban J connectivity index is 2.35. The molecule has 2 aromatic carbocycles. The van der Waals surface area contributed by atoms with Gasteiger partial charge in [-0.3, -0.25) is 4.57 Å². The van der Waals surface area contributed by atoms with E-state index in [2.05, 4.69) is 58.9 Å². The summed E-state index contributed by atoms with van der Waals surface area (Å²) in [6.45, 7) is 4.15. The van der Waals surface area contributed by atoms with Gasteiger partial charge in [-0.15, -0.1) is 0 Å². The molecule has 0 unspecified atom stereocenters. The highest BCUT2D eigenvalue weighted by Crippen LogP contribution is 2.21. The van der Waals surface area contributed by atoms with E-state index in [0.717, 1.165) is 17.0 Å². The van der Waals surface area contributed by atoms with Gasteiger partial charge >= 0.3 is 0 Å². The zero-order chi connectivity index (χ0) is 11.8. The van der Waals surface area contributed by atoms with E-state index in [1.165, 1.54) is 11.1 Å². The van der Waals surface area contributed by atoms with Gasteiger partial charge in [-0.05, 0) is 43.7 Å². The van der Waals surface area contributed by atoms with Crippen molar-refractivity contribution < 1.29 is 0 Å². The number of nitrogens with zero attached hydrogens (tertiary/aromatic N) is 2. The lowest BCUT2D eigenvalue weighted by molar-refractivity contribution is 1.00. The fourth-order valence-electron chi connectivity index (χ4n) is 2.21. The summed E-state index contributed by atoms with van der Waals surface area (Å²) in [4.78, 5) is 4.59. The van der Waals surface area contributed by atoms with Crippen LogP contribution in [0.3, 0.4) is 0 Å². The van der Waals surface area contributed by atoms with E-state index in [0.29, 0.717) is 0 Å². The maximum absolute atomic E-state index is 4.59. The summed E-state index contributed by atoms with van der Waals surface area (Å²) in [5.74, 6) is 1.02. The Hall–Kier alpha value is -2.09. The Morgan fingerprint density at radius 1 is 0.941 bits per heavy atom. The monoisotopic (exact) mass is 222 g/mol. The summed E-state index contributed by atoms with van der Waals surface area (Å²) in [6.07, 6.45) is 0. The lowest BCUT2D eigenvalue weighted by atomic mass is 10.2. The first kappa shape index (κ1) is 10.1. The third-order valence-electron chi connectivity index (χ3n) is 2.99. The van der Waals surface area contributed by atoms with E-state index in [-0.39, 0.29) is 0 Å². The number of imidazole rings is 1. The van der Waals surface area contributed by atoms with E-state index >= 15 is 0 Å². The minimum atomic E-state index is 1.02. The molecule has 1 aromatic heterocycles. The minimum absolute atomic E-state index is 1.02. The van der Waals surface area contributed by atoms with E-state index in [9.17, 15) is 0 Å². The molecule has 3 rings (SSSR count). The molecule has 2 heteroatoms. The molecule has 0 spiro atoms. The van der Waals surface area contributed by atoms with Crippen molar-refractivity contribution >= 4 is 11.0 Å². The van der Waals surface area contributed by atoms with Crippen molar-refractivity contribution in [3.8, 4) is 5.69 Å². The summed E-state index contributed by atoms with van der Waals surface area (Å²) >= 11 is 0. The Morgan fingerprint density at radius 2 is 1.71 bits per heavy atom. The van der Waals surface area contributed by atoms with Crippen LogP contribution < -0.4 is 0 Å². The molecule has 0 radical (unpaired) electrons. The molecule has 3 aromatic rings. The van der Waals surface area contributed by atoms with Crippen LogP contribution in [0.25, 0.3) is 16.7 Å². The average Bonchev–Trinajstić information content (AvgIpc) is 2.65. The molecule has 0 aliphatic heterocycles. The van der Waals surface area contributed by atoms with Crippen LogP contribution in [-0.4, -0.2) is 9.55 Å². The van der Waals surface area contributed by atoms with E-state index in [4.69, 9.17) is 0 Å². The Bertz CT molecular complexity index is 666. The lowest BCUT2D eigenvalue weighted by Gasteiger charge is -2.06. The SMILES string of the molecule is Cc1ccc2nc(C)n(-c3ccccc3)c2c1. The number of hydrogen-bond acceptors (Lipinski definition) is 1. The van der Waals surface area contributed by atoms with E-state index < -0.39 is 0 Å². The molecule has 0 N–H and O–H groups in total. The minimum Gasteiger partial charge on any atom is -0.297 e. The second-order valence-corrected chi connectivity index (χ2v) is 4.32. The maximum Gasteiger partial charge on any atom is 0.111 e. The highest BCUT2D eigenvalue weighted by molar-refractivity contribution is 5.79. The van der Waals surface area contributed by atoms with Gasteiger partial charge in [-0.25, -0.2) is 4.98 Å². The standard InChI is InChI=1S/C15H14N2/c1-11-8-9-14-15(10-11)17(12(2)16-14)13-6-4-3-5-7-13/h3-10H,1-2H3. The molecule has 2 nitrogen and oxygen atoms in total. The predicted octanol–water partition coefficient (Wildman–Crippen LogP) is 3.64. The summed E-state index contributed by atoms with van der Waals surface area (Å²) < 4.78 is 2.20. The van der Waals surface area contributed by atoms with Crippen LogP contribution >= 0.6 is 0 Å². The second kappa shape index (κ2) is 3.74. The zero-order valence-corrected chi connectivity index (χ0v) is 10.0. The van der Waals surface area contributed by atoms with Crippen molar-refractivity contribution in [2.75, 3.05) is 0 Å². The molecule has 0 bridgehead atoms. The average molecular weight is 222 g/mol. The van der Waals surface area contributed by atoms with Gasteiger partial charge in [-0.1, -0.05) is 24.3 Å². The molecule has 0 aliphatic rings. The number of aryl methyl sites for hydroxylation is 2. The number of fused-ring (bicyclic) bond motifs is 1. The molecule has 1 heterocycles. The zero-order valence-electron chi connectivity index (χ0n) is 10.0. The molecule has 84 valence electrons. The molecule has 0 saturated carbocycles. The van der Waals surface area contributed by atoms with Crippen molar-refractivity contribution in [1.82, 2.24) is 9.55 Å². The highest BCUT2D eigenvalue weighted by Gasteiger charge is 2.08. The van der Waals surface area contributed by atoms with Crippen LogP contribution in [-0.2, 0) is 0 Å². The molecule has 17 heavy (non-hydrogen) atoms. The third-order valence-corrected chi connectivity index (χ3v) is 2.99. The number of benzene rings is 2. The van der Waals surface area contributed by atoms with Crippen molar-refractivity contribution in [3.05, 3.63) is 59.9 Å². The number of aromatic nitrogens is 2. The third kappa shape index (κ3) is 1.62. The number of rotatable bonds is 1. The summed E-state index contributed by atoms with van der Waals surface area (Å²) in [7, 11) is 0. The van der Waals surface area contributed by atoms with E-state index in [1.807, 2.05) is 13.0 Å². The molecule has 0 amide bonds. The van der Waals surface area contributed by atoms with Crippen molar-refractivity contribution in [2.45, 2.75) is 13.8 Å². The van der Waals surface area contributed by atoms with Gasteiger partial charge in [0, 0.05) is 5.69 Å². The van der Waals surface area contributed by atoms with Crippen molar-refractivity contribution in [1.29, 1.82) is 0 Å². The summed E-state index contributed by atoms with van der Waals surface area (Å²) in [5, 5.41) is 0.